The number of anilines is 1. The smallest absolute Gasteiger partial charge is 0.272 e. The number of nitrogens with zero attached hydrogens (tertiary/aromatic N) is 5. The van der Waals surface area contributed by atoms with Crippen LogP contribution in [0.1, 0.15) is 16.1 Å². The Kier molecular flexibility index (Phi) is 5.82. The summed E-state index contributed by atoms with van der Waals surface area (Å²) in [5, 5.41) is 26.8. The van der Waals surface area contributed by atoms with Crippen molar-refractivity contribution >= 4 is 22.5 Å². The van der Waals surface area contributed by atoms with Gasteiger partial charge in [0.2, 0.25) is 0 Å². The average Bonchev–Trinajstić information content (AvgIpc) is 3.61. The van der Waals surface area contributed by atoms with Crippen LogP contribution in [0.4, 0.5) is 5.69 Å². The van der Waals surface area contributed by atoms with E-state index < -0.39 is 0 Å². The molecule has 0 saturated carbocycles. The highest BCUT2D eigenvalue weighted by Gasteiger charge is 2.23. The fourth-order valence-corrected chi connectivity index (χ4v) is 4.42. The minimum Gasteiger partial charge on any atom is -0.487 e. The number of ether oxygens (including phenoxy) is 3. The number of amides is 1. The number of nitrogens with one attached hydrogen (secondary N) is 2. The Labute approximate surface area is 216 Å². The lowest BCUT2D eigenvalue weighted by atomic mass is 10.1. The lowest BCUT2D eigenvalue weighted by Crippen LogP contribution is -2.34. The number of aromatic amines is 1. The Morgan fingerprint density at radius 2 is 2.05 bits per heavy atom. The van der Waals surface area contributed by atoms with Crippen molar-refractivity contribution in [1.82, 2.24) is 25.2 Å². The first-order valence-electron chi connectivity index (χ1n) is 11.8. The largest absolute Gasteiger partial charge is 0.487 e. The number of rotatable bonds is 6. The molecule has 1 atom stereocenters. The molecular weight excluding hydrogens is 486 g/mol. The Morgan fingerprint density at radius 3 is 2.87 bits per heavy atom. The summed E-state index contributed by atoms with van der Waals surface area (Å²) in [5.41, 5.74) is 2.57. The molecule has 5 aromatic rings. The predicted molar refractivity (Wildman–Crippen MR) is 137 cm³/mol. The van der Waals surface area contributed by atoms with Crippen LogP contribution in [-0.4, -0.2) is 50.4 Å². The first-order chi connectivity index (χ1) is 18.6. The van der Waals surface area contributed by atoms with Gasteiger partial charge in [0, 0.05) is 18.0 Å². The van der Waals surface area contributed by atoms with Crippen LogP contribution < -0.4 is 19.5 Å². The number of fused-ring (bicyclic) bond motifs is 2. The van der Waals surface area contributed by atoms with Crippen molar-refractivity contribution in [3.63, 3.8) is 0 Å². The molecule has 1 unspecified atom stereocenters. The lowest BCUT2D eigenvalue weighted by Gasteiger charge is -2.26. The number of aromatic nitrogens is 5. The molecule has 0 spiro atoms. The van der Waals surface area contributed by atoms with Gasteiger partial charge in [-0.3, -0.25) is 4.79 Å². The van der Waals surface area contributed by atoms with Crippen LogP contribution in [-0.2, 0) is 7.05 Å². The van der Waals surface area contributed by atoms with E-state index >= 15 is 0 Å². The Balaban J connectivity index is 1.24. The SMILES string of the molecule is Cn1c(C(=O)Nc2ccc(C#N)cc2-c2nnn[nH]2)cc2cccc(OCC3COc4ccccc4O3)c21. The van der Waals surface area contributed by atoms with Crippen LogP contribution in [0, 0.1) is 11.3 Å². The summed E-state index contributed by atoms with van der Waals surface area (Å²) >= 11 is 0. The van der Waals surface area contributed by atoms with Gasteiger partial charge in [-0.25, -0.2) is 5.10 Å². The Hall–Kier alpha value is -5.37. The normalized spacial score (nSPS) is 14.2. The van der Waals surface area contributed by atoms with Gasteiger partial charge in [-0.1, -0.05) is 24.3 Å². The van der Waals surface area contributed by atoms with Crippen molar-refractivity contribution in [3.8, 4) is 34.7 Å². The number of para-hydroxylation sites is 3. The van der Waals surface area contributed by atoms with Crippen molar-refractivity contribution in [1.29, 1.82) is 5.26 Å². The predicted octanol–water partition coefficient (Wildman–Crippen LogP) is 3.70. The molecule has 38 heavy (non-hydrogen) atoms. The number of hydrogen-bond acceptors (Lipinski definition) is 8. The molecule has 1 aliphatic rings. The zero-order valence-corrected chi connectivity index (χ0v) is 20.2. The maximum absolute atomic E-state index is 13.4. The van der Waals surface area contributed by atoms with E-state index in [0.717, 1.165) is 10.9 Å². The molecule has 2 aromatic heterocycles. The minimum absolute atomic E-state index is 0.274. The van der Waals surface area contributed by atoms with E-state index in [4.69, 9.17) is 14.2 Å². The molecule has 0 saturated heterocycles. The van der Waals surface area contributed by atoms with Crippen molar-refractivity contribution in [3.05, 3.63) is 78.0 Å². The molecule has 0 radical (unpaired) electrons. The van der Waals surface area contributed by atoms with Crippen molar-refractivity contribution in [2.24, 2.45) is 7.05 Å². The lowest BCUT2D eigenvalue weighted by molar-refractivity contribution is 0.0539. The van der Waals surface area contributed by atoms with E-state index in [1.54, 1.807) is 35.9 Å². The molecule has 11 heteroatoms. The number of nitriles is 1. The van der Waals surface area contributed by atoms with Gasteiger partial charge >= 0.3 is 0 Å². The fraction of sp³-hybridized carbons (Fsp3) is 0.148. The van der Waals surface area contributed by atoms with Crippen LogP contribution in [0.5, 0.6) is 17.2 Å². The third-order valence-electron chi connectivity index (χ3n) is 6.24. The Morgan fingerprint density at radius 1 is 1.18 bits per heavy atom. The van der Waals surface area contributed by atoms with Crippen molar-refractivity contribution < 1.29 is 19.0 Å². The molecule has 2 N–H and O–H groups in total. The second-order valence-electron chi connectivity index (χ2n) is 8.67. The molecule has 0 bridgehead atoms. The number of carbonyl (C=O) groups is 1. The second kappa shape index (κ2) is 9.59. The van der Waals surface area contributed by atoms with Gasteiger partial charge < -0.3 is 24.1 Å². The van der Waals surface area contributed by atoms with E-state index in [9.17, 15) is 10.1 Å². The highest BCUT2D eigenvalue weighted by Crippen LogP contribution is 2.33. The molecule has 188 valence electrons. The van der Waals surface area contributed by atoms with E-state index in [1.807, 2.05) is 42.5 Å². The van der Waals surface area contributed by atoms with Crippen LogP contribution in [0.3, 0.4) is 0 Å². The monoisotopic (exact) mass is 507 g/mol. The summed E-state index contributed by atoms with van der Waals surface area (Å²) in [5.74, 6) is 2.02. The summed E-state index contributed by atoms with van der Waals surface area (Å²) in [6.07, 6.45) is -0.274. The van der Waals surface area contributed by atoms with Gasteiger partial charge in [0.1, 0.15) is 24.7 Å². The fourth-order valence-electron chi connectivity index (χ4n) is 4.42. The van der Waals surface area contributed by atoms with Crippen LogP contribution in [0.15, 0.2) is 66.7 Å². The number of benzene rings is 3. The molecule has 3 aromatic carbocycles. The second-order valence-corrected chi connectivity index (χ2v) is 8.67. The van der Waals surface area contributed by atoms with E-state index in [0.29, 0.717) is 52.2 Å². The average molecular weight is 508 g/mol. The van der Waals surface area contributed by atoms with Crippen molar-refractivity contribution in [2.75, 3.05) is 18.5 Å². The van der Waals surface area contributed by atoms with Crippen molar-refractivity contribution in [2.45, 2.75) is 6.10 Å². The molecule has 0 aliphatic carbocycles. The maximum atomic E-state index is 13.4. The third-order valence-corrected chi connectivity index (χ3v) is 6.24. The molecule has 6 rings (SSSR count). The summed E-state index contributed by atoms with van der Waals surface area (Å²) in [7, 11) is 1.81. The van der Waals surface area contributed by atoms with E-state index in [2.05, 4.69) is 32.0 Å². The summed E-state index contributed by atoms with van der Waals surface area (Å²) in [6.45, 7) is 0.654. The quantitative estimate of drug-likeness (QED) is 0.355. The maximum Gasteiger partial charge on any atom is 0.272 e. The zero-order chi connectivity index (χ0) is 26.1. The standard InChI is InChI=1S/C27H21N7O4/c1-34-21(27(35)29-20-10-9-16(13-28)11-19(20)26-30-32-33-31-26)12-17-5-4-8-24(25(17)34)37-15-18-14-36-22-6-2-3-7-23(22)38-18/h2-12,18H,14-15H2,1H3,(H,29,35)(H,30,31,32,33). The van der Waals surface area contributed by atoms with Gasteiger partial charge in [-0.2, -0.15) is 5.26 Å². The summed E-state index contributed by atoms with van der Waals surface area (Å²) < 4.78 is 19.7. The van der Waals surface area contributed by atoms with Gasteiger partial charge in [-0.15, -0.1) is 5.10 Å². The highest BCUT2D eigenvalue weighted by molar-refractivity contribution is 6.08. The minimum atomic E-state index is -0.339. The van der Waals surface area contributed by atoms with Crippen LogP contribution in [0.25, 0.3) is 22.3 Å². The number of hydrogen-bond donors (Lipinski definition) is 2. The van der Waals surface area contributed by atoms with Gasteiger partial charge in [-0.05, 0) is 52.9 Å². The van der Waals surface area contributed by atoms with E-state index in [-0.39, 0.29) is 18.6 Å². The number of tetrazole rings is 1. The third kappa shape index (κ3) is 4.24. The van der Waals surface area contributed by atoms with E-state index in [1.165, 1.54) is 0 Å². The molecule has 11 nitrogen and oxygen atoms in total. The van der Waals surface area contributed by atoms with Gasteiger partial charge in [0.25, 0.3) is 5.91 Å². The highest BCUT2D eigenvalue weighted by atomic mass is 16.6. The first-order valence-corrected chi connectivity index (χ1v) is 11.8. The molecule has 1 amide bonds. The Bertz CT molecular complexity index is 1690. The van der Waals surface area contributed by atoms with Crippen LogP contribution in [0.2, 0.25) is 0 Å². The van der Waals surface area contributed by atoms with Gasteiger partial charge in [0.05, 0.1) is 22.8 Å². The topological polar surface area (TPSA) is 140 Å². The number of aryl methyl sites for hydroxylation is 1. The van der Waals surface area contributed by atoms with Gasteiger partial charge in [0.15, 0.2) is 23.4 Å². The molecule has 1 aliphatic heterocycles. The number of H-pyrrole nitrogens is 1. The first kappa shape index (κ1) is 23.1. The number of carbonyl (C=O) groups excluding carboxylic acids is 1. The molecular formula is C27H21N7O4. The summed E-state index contributed by atoms with van der Waals surface area (Å²) in [4.78, 5) is 13.4. The summed E-state index contributed by atoms with van der Waals surface area (Å²) in [6, 6.07) is 21.9. The molecule has 3 heterocycles. The van der Waals surface area contributed by atoms with Crippen LogP contribution >= 0.6 is 0 Å². The molecule has 0 fully saturated rings. The zero-order valence-electron chi connectivity index (χ0n) is 20.2.